The molecule has 0 aromatic heterocycles. The second-order valence-corrected chi connectivity index (χ2v) is 9.89. The van der Waals surface area contributed by atoms with E-state index in [1.165, 1.54) is 13.3 Å². The van der Waals surface area contributed by atoms with Crippen LogP contribution in [0, 0.1) is 6.92 Å². The molecular weight excluding hydrogens is 440 g/mol. The van der Waals surface area contributed by atoms with Crippen molar-refractivity contribution >= 4 is 17.7 Å². The molecule has 2 aromatic carbocycles. The largest absolute Gasteiger partial charge is 0.479 e. The maximum atomic E-state index is 13.6. The summed E-state index contributed by atoms with van der Waals surface area (Å²) in [5.74, 6) is 0.669. The number of aliphatic imine (C=N–C) groups is 1. The number of nitrogens with zero attached hydrogens (tertiary/aromatic N) is 2. The van der Waals surface area contributed by atoms with Gasteiger partial charge in [-0.1, -0.05) is 62.9 Å². The van der Waals surface area contributed by atoms with Gasteiger partial charge in [0.25, 0.3) is 5.91 Å². The fraction of sp³-hybridized carbons (Fsp3) is 0.483. The summed E-state index contributed by atoms with van der Waals surface area (Å²) in [5.41, 5.74) is 3.68. The van der Waals surface area contributed by atoms with Gasteiger partial charge in [0, 0.05) is 6.42 Å². The molecule has 1 aliphatic carbocycles. The number of benzene rings is 2. The normalized spacial score (nSPS) is 18.0. The summed E-state index contributed by atoms with van der Waals surface area (Å²) in [6.45, 7) is 6.29. The molecule has 1 aliphatic heterocycles. The molecule has 1 heterocycles. The summed E-state index contributed by atoms with van der Waals surface area (Å²) in [4.78, 5) is 31.7. The van der Waals surface area contributed by atoms with E-state index in [1.807, 2.05) is 23.1 Å². The molecule has 0 saturated heterocycles. The molecule has 6 nitrogen and oxygen atoms in total. The lowest BCUT2D eigenvalue weighted by Crippen LogP contribution is -2.43. The lowest BCUT2D eigenvalue weighted by Gasteiger charge is -2.29. The molecule has 2 aromatic rings. The van der Waals surface area contributed by atoms with Crippen molar-refractivity contribution in [3.8, 4) is 16.9 Å². The van der Waals surface area contributed by atoms with E-state index in [9.17, 15) is 9.59 Å². The summed E-state index contributed by atoms with van der Waals surface area (Å²) in [5, 5.41) is 9.13. The molecule has 1 fully saturated rings. The van der Waals surface area contributed by atoms with Crippen molar-refractivity contribution in [2.75, 3.05) is 0 Å². The van der Waals surface area contributed by atoms with Gasteiger partial charge >= 0.3 is 5.97 Å². The van der Waals surface area contributed by atoms with Crippen molar-refractivity contribution in [2.24, 2.45) is 4.99 Å². The monoisotopic (exact) mass is 476 g/mol. The van der Waals surface area contributed by atoms with E-state index in [0.717, 1.165) is 73.0 Å². The number of ether oxygens (including phenoxy) is 1. The maximum Gasteiger partial charge on any atom is 0.344 e. The minimum absolute atomic E-state index is 0.183. The standard InChI is InChI=1S/C29H36N2O4/c1-4-5-12-26-30-29(15-7-6-8-16-29)28(34)31(26)19-22-13-14-25(20(2)17-22)23-10-9-11-24(18-23)35-21(3)27(32)33/h9-11,13-14,17-18,21H,4-8,12,15-16,19H2,1-3H3,(H,32,33). The fourth-order valence-corrected chi connectivity index (χ4v) is 5.20. The Bertz CT molecular complexity index is 1120. The van der Waals surface area contributed by atoms with Crippen LogP contribution in [-0.2, 0) is 16.1 Å². The number of hydrogen-bond acceptors (Lipinski definition) is 4. The van der Waals surface area contributed by atoms with Gasteiger partial charge in [0.1, 0.15) is 17.1 Å². The number of aliphatic carboxylic acids is 1. The molecule has 1 spiro atoms. The highest BCUT2D eigenvalue weighted by atomic mass is 16.5. The van der Waals surface area contributed by atoms with E-state index in [-0.39, 0.29) is 5.91 Å². The van der Waals surface area contributed by atoms with Crippen molar-refractivity contribution in [3.05, 3.63) is 53.6 Å². The zero-order chi connectivity index (χ0) is 25.0. The first-order valence-corrected chi connectivity index (χ1v) is 12.8. The highest BCUT2D eigenvalue weighted by molar-refractivity contribution is 6.08. The summed E-state index contributed by atoms with van der Waals surface area (Å²) >= 11 is 0. The predicted molar refractivity (Wildman–Crippen MR) is 138 cm³/mol. The Morgan fingerprint density at radius 1 is 1.17 bits per heavy atom. The number of carbonyl (C=O) groups excluding carboxylic acids is 1. The summed E-state index contributed by atoms with van der Waals surface area (Å²) in [6, 6.07) is 13.8. The van der Waals surface area contributed by atoms with Gasteiger partial charge in [-0.25, -0.2) is 4.79 Å². The Hall–Kier alpha value is -3.15. The van der Waals surface area contributed by atoms with Gasteiger partial charge in [0.2, 0.25) is 0 Å². The lowest BCUT2D eigenvalue weighted by molar-refractivity contribution is -0.144. The van der Waals surface area contributed by atoms with E-state index >= 15 is 0 Å². The van der Waals surface area contributed by atoms with Gasteiger partial charge in [0.05, 0.1) is 6.54 Å². The van der Waals surface area contributed by atoms with Crippen LogP contribution in [0.15, 0.2) is 47.5 Å². The first-order valence-electron chi connectivity index (χ1n) is 12.8. The first-order chi connectivity index (χ1) is 16.8. The third-order valence-electron chi connectivity index (χ3n) is 7.17. The Kier molecular flexibility index (Phi) is 7.58. The second kappa shape index (κ2) is 10.6. The smallest absolute Gasteiger partial charge is 0.344 e. The van der Waals surface area contributed by atoms with Crippen LogP contribution >= 0.6 is 0 Å². The van der Waals surface area contributed by atoms with Gasteiger partial charge in [-0.3, -0.25) is 14.7 Å². The average molecular weight is 477 g/mol. The topological polar surface area (TPSA) is 79.2 Å². The number of carboxylic acid groups (broad SMARTS) is 1. The average Bonchev–Trinajstić information content (AvgIpc) is 3.08. The molecule has 35 heavy (non-hydrogen) atoms. The van der Waals surface area contributed by atoms with Crippen molar-refractivity contribution in [1.82, 2.24) is 4.90 Å². The summed E-state index contributed by atoms with van der Waals surface area (Å²) in [7, 11) is 0. The van der Waals surface area contributed by atoms with Crippen molar-refractivity contribution in [3.63, 3.8) is 0 Å². The van der Waals surface area contributed by atoms with Gasteiger partial charge in [-0.2, -0.15) is 0 Å². The van der Waals surface area contributed by atoms with Crippen LogP contribution in [0.3, 0.4) is 0 Å². The molecular formula is C29H36N2O4. The quantitative estimate of drug-likeness (QED) is 0.471. The maximum absolute atomic E-state index is 13.6. The third-order valence-corrected chi connectivity index (χ3v) is 7.17. The minimum atomic E-state index is -0.996. The molecule has 1 saturated carbocycles. The summed E-state index contributed by atoms with van der Waals surface area (Å²) < 4.78 is 5.54. The van der Waals surface area contributed by atoms with Crippen molar-refractivity contribution < 1.29 is 19.4 Å². The van der Waals surface area contributed by atoms with Gasteiger partial charge < -0.3 is 9.84 Å². The Labute approximate surface area is 208 Å². The summed E-state index contributed by atoms with van der Waals surface area (Å²) in [6.07, 6.45) is 7.13. The van der Waals surface area contributed by atoms with Gasteiger partial charge in [-0.15, -0.1) is 0 Å². The van der Waals surface area contributed by atoms with Crippen molar-refractivity contribution in [2.45, 2.75) is 90.3 Å². The molecule has 4 rings (SSSR count). The highest BCUT2D eigenvalue weighted by Gasteiger charge is 2.48. The number of carbonyl (C=O) groups is 2. The molecule has 1 unspecified atom stereocenters. The van der Waals surface area contributed by atoms with Crippen LogP contribution in [-0.4, -0.2) is 39.4 Å². The molecule has 186 valence electrons. The van der Waals surface area contributed by atoms with E-state index < -0.39 is 17.6 Å². The van der Waals surface area contributed by atoms with Crippen LogP contribution in [0.2, 0.25) is 0 Å². The second-order valence-electron chi connectivity index (χ2n) is 9.89. The van der Waals surface area contributed by atoms with E-state index in [2.05, 4.69) is 32.0 Å². The van der Waals surface area contributed by atoms with Crippen LogP contribution in [0.4, 0.5) is 0 Å². The number of carboxylic acids is 1. The number of hydrogen-bond donors (Lipinski definition) is 1. The number of unbranched alkanes of at least 4 members (excludes halogenated alkanes) is 1. The Balaban J connectivity index is 1.54. The number of aryl methyl sites for hydroxylation is 1. The molecule has 0 bridgehead atoms. The van der Waals surface area contributed by atoms with Crippen LogP contribution in [0.25, 0.3) is 11.1 Å². The molecule has 1 amide bonds. The van der Waals surface area contributed by atoms with Crippen LogP contribution in [0.1, 0.15) is 76.3 Å². The molecule has 2 aliphatic rings. The zero-order valence-electron chi connectivity index (χ0n) is 21.0. The minimum Gasteiger partial charge on any atom is -0.479 e. The fourth-order valence-electron chi connectivity index (χ4n) is 5.20. The zero-order valence-corrected chi connectivity index (χ0v) is 21.0. The SMILES string of the molecule is CCCCC1=NC2(CCCCC2)C(=O)N1Cc1ccc(-c2cccc(OC(C)C(=O)O)c2)c(C)c1. The Morgan fingerprint density at radius 3 is 2.63 bits per heavy atom. The van der Waals surface area contributed by atoms with E-state index in [1.54, 1.807) is 6.07 Å². The van der Waals surface area contributed by atoms with E-state index in [0.29, 0.717) is 12.3 Å². The highest BCUT2D eigenvalue weighted by Crippen LogP contribution is 2.39. The van der Waals surface area contributed by atoms with Crippen LogP contribution < -0.4 is 4.74 Å². The number of amidine groups is 1. The first kappa shape index (κ1) is 25.0. The Morgan fingerprint density at radius 2 is 1.94 bits per heavy atom. The predicted octanol–water partition coefficient (Wildman–Crippen LogP) is 6.15. The van der Waals surface area contributed by atoms with Crippen molar-refractivity contribution in [1.29, 1.82) is 0 Å². The van der Waals surface area contributed by atoms with Crippen LogP contribution in [0.5, 0.6) is 5.75 Å². The molecule has 1 atom stereocenters. The molecule has 6 heteroatoms. The lowest BCUT2D eigenvalue weighted by atomic mass is 9.82. The number of rotatable bonds is 9. The van der Waals surface area contributed by atoms with Gasteiger partial charge in [0.15, 0.2) is 6.10 Å². The molecule has 1 N–H and O–H groups in total. The van der Waals surface area contributed by atoms with Gasteiger partial charge in [-0.05, 0) is 67.5 Å². The third kappa shape index (κ3) is 5.42. The van der Waals surface area contributed by atoms with E-state index in [4.69, 9.17) is 14.8 Å². The molecule has 0 radical (unpaired) electrons. The number of amides is 1.